The molecule has 0 saturated carbocycles. The van der Waals surface area contributed by atoms with Gasteiger partial charge in [-0.2, -0.15) is 13.2 Å². The van der Waals surface area contributed by atoms with Crippen LogP contribution in [-0.2, 0) is 4.74 Å². The first-order chi connectivity index (χ1) is 8.31. The van der Waals surface area contributed by atoms with Crippen LogP contribution in [0.5, 0.6) is 5.75 Å². The number of primary amides is 1. The second-order valence-electron chi connectivity index (χ2n) is 3.31. The van der Waals surface area contributed by atoms with Crippen molar-refractivity contribution in [1.82, 2.24) is 0 Å². The lowest BCUT2D eigenvalue weighted by Gasteiger charge is -2.13. The van der Waals surface area contributed by atoms with E-state index >= 15 is 0 Å². The number of benzene rings is 1. The minimum atomic E-state index is -4.45. The number of carbonyl (C=O) groups excluding carboxylic acids is 1. The van der Waals surface area contributed by atoms with Gasteiger partial charge in [0.05, 0.1) is 11.3 Å². The van der Waals surface area contributed by atoms with E-state index in [-0.39, 0.29) is 17.0 Å². The molecule has 100 valence electrons. The molecule has 0 aromatic heterocycles. The molecule has 0 fully saturated rings. The lowest BCUT2D eigenvalue weighted by Crippen LogP contribution is -2.20. The summed E-state index contributed by atoms with van der Waals surface area (Å²) in [6.45, 7) is -2.14. The van der Waals surface area contributed by atoms with Gasteiger partial charge >= 0.3 is 6.18 Å². The van der Waals surface area contributed by atoms with Crippen LogP contribution in [0.2, 0.25) is 0 Å². The van der Waals surface area contributed by atoms with Crippen LogP contribution in [0, 0.1) is 0 Å². The summed E-state index contributed by atoms with van der Waals surface area (Å²) in [7, 11) is 0. The molecule has 0 unspecified atom stereocenters. The van der Waals surface area contributed by atoms with Crippen LogP contribution < -0.4 is 16.2 Å². The Morgan fingerprint density at radius 1 is 1.33 bits per heavy atom. The predicted octanol–water partition coefficient (Wildman–Crippen LogP) is 1.28. The molecule has 1 amide bonds. The molecule has 1 aromatic carbocycles. The molecule has 0 atom stereocenters. The highest BCUT2D eigenvalue weighted by Crippen LogP contribution is 2.26. The molecule has 0 aliphatic heterocycles. The SMILES string of the molecule is NC(=O)c1cccc(N)c1OCOCC(F)(F)F. The molecule has 0 saturated heterocycles. The maximum absolute atomic E-state index is 11.8. The number of nitrogen functional groups attached to an aromatic ring is 1. The van der Waals surface area contributed by atoms with Gasteiger partial charge in [0, 0.05) is 0 Å². The number of alkyl halides is 3. The van der Waals surface area contributed by atoms with Crippen LogP contribution in [0.4, 0.5) is 18.9 Å². The minimum Gasteiger partial charge on any atom is -0.465 e. The van der Waals surface area contributed by atoms with Gasteiger partial charge in [-0.3, -0.25) is 4.79 Å². The van der Waals surface area contributed by atoms with Crippen molar-refractivity contribution < 1.29 is 27.4 Å². The Labute approximate surface area is 100 Å². The molecule has 4 N–H and O–H groups in total. The molecule has 1 aromatic rings. The van der Waals surface area contributed by atoms with Crippen LogP contribution >= 0.6 is 0 Å². The van der Waals surface area contributed by atoms with E-state index in [4.69, 9.17) is 16.2 Å². The number of carbonyl (C=O) groups is 1. The summed E-state index contributed by atoms with van der Waals surface area (Å²) in [5, 5.41) is 0. The summed E-state index contributed by atoms with van der Waals surface area (Å²) < 4.78 is 44.5. The van der Waals surface area contributed by atoms with Gasteiger partial charge in [-0.05, 0) is 12.1 Å². The summed E-state index contributed by atoms with van der Waals surface area (Å²) >= 11 is 0. The van der Waals surface area contributed by atoms with Gasteiger partial charge < -0.3 is 20.9 Å². The minimum absolute atomic E-state index is 0.0226. The first-order valence-electron chi connectivity index (χ1n) is 4.77. The average molecular weight is 264 g/mol. The number of anilines is 1. The largest absolute Gasteiger partial charge is 0.465 e. The third kappa shape index (κ3) is 4.13. The van der Waals surface area contributed by atoms with E-state index in [1.807, 2.05) is 0 Å². The molecular weight excluding hydrogens is 253 g/mol. The normalized spacial score (nSPS) is 11.3. The predicted molar refractivity (Wildman–Crippen MR) is 56.9 cm³/mol. The quantitative estimate of drug-likeness (QED) is 0.476. The maximum Gasteiger partial charge on any atom is 0.411 e. The summed E-state index contributed by atoms with van der Waals surface area (Å²) in [4.78, 5) is 11.0. The van der Waals surface area contributed by atoms with Crippen molar-refractivity contribution in [3.8, 4) is 5.75 Å². The van der Waals surface area contributed by atoms with Crippen molar-refractivity contribution in [2.75, 3.05) is 19.1 Å². The van der Waals surface area contributed by atoms with E-state index in [9.17, 15) is 18.0 Å². The van der Waals surface area contributed by atoms with E-state index in [1.54, 1.807) is 0 Å². The van der Waals surface area contributed by atoms with Crippen LogP contribution in [0.1, 0.15) is 10.4 Å². The Morgan fingerprint density at radius 2 is 2.00 bits per heavy atom. The summed E-state index contributed by atoms with van der Waals surface area (Å²) in [5.74, 6) is -0.889. The van der Waals surface area contributed by atoms with Gasteiger partial charge in [0.1, 0.15) is 6.61 Å². The highest BCUT2D eigenvalue weighted by molar-refractivity contribution is 5.97. The zero-order chi connectivity index (χ0) is 13.8. The van der Waals surface area contributed by atoms with E-state index in [2.05, 4.69) is 4.74 Å². The average Bonchev–Trinajstić information content (AvgIpc) is 2.24. The van der Waals surface area contributed by atoms with Crippen LogP contribution in [0.3, 0.4) is 0 Å². The second-order valence-corrected chi connectivity index (χ2v) is 3.31. The van der Waals surface area contributed by atoms with Crippen LogP contribution in [0.25, 0.3) is 0 Å². The fourth-order valence-corrected chi connectivity index (χ4v) is 1.17. The van der Waals surface area contributed by atoms with Gasteiger partial charge in [-0.25, -0.2) is 0 Å². The molecule has 0 heterocycles. The van der Waals surface area contributed by atoms with Crippen molar-refractivity contribution in [3.63, 3.8) is 0 Å². The molecule has 1 rings (SSSR count). The second kappa shape index (κ2) is 5.58. The highest BCUT2D eigenvalue weighted by atomic mass is 19.4. The zero-order valence-electron chi connectivity index (χ0n) is 9.16. The monoisotopic (exact) mass is 264 g/mol. The number of nitrogens with two attached hydrogens (primary N) is 2. The molecule has 0 aliphatic rings. The zero-order valence-corrected chi connectivity index (χ0v) is 9.16. The molecule has 5 nitrogen and oxygen atoms in total. The molecule has 0 radical (unpaired) electrons. The Morgan fingerprint density at radius 3 is 2.56 bits per heavy atom. The Balaban J connectivity index is 2.64. The Kier molecular flexibility index (Phi) is 4.38. The van der Waals surface area contributed by atoms with E-state index in [0.717, 1.165) is 0 Å². The van der Waals surface area contributed by atoms with Gasteiger partial charge in [-0.15, -0.1) is 0 Å². The summed E-state index contributed by atoms with van der Waals surface area (Å²) in [5.41, 5.74) is 10.6. The Bertz CT molecular complexity index is 435. The number of hydrogen-bond donors (Lipinski definition) is 2. The lowest BCUT2D eigenvalue weighted by atomic mass is 10.1. The third-order valence-corrected chi connectivity index (χ3v) is 1.86. The molecule has 18 heavy (non-hydrogen) atoms. The summed E-state index contributed by atoms with van der Waals surface area (Å²) in [6.07, 6.45) is -4.45. The smallest absolute Gasteiger partial charge is 0.411 e. The fourth-order valence-electron chi connectivity index (χ4n) is 1.17. The number of amides is 1. The molecule has 8 heteroatoms. The van der Waals surface area contributed by atoms with Crippen molar-refractivity contribution in [2.45, 2.75) is 6.18 Å². The summed E-state index contributed by atoms with van der Waals surface area (Å²) in [6, 6.07) is 4.24. The van der Waals surface area contributed by atoms with Crippen LogP contribution in [0.15, 0.2) is 18.2 Å². The standard InChI is InChI=1S/C10H11F3N2O3/c11-10(12,13)4-17-5-18-8-6(9(15)16)2-1-3-7(8)14/h1-3H,4-5,14H2,(H2,15,16). The fraction of sp³-hybridized carbons (Fsp3) is 0.300. The van der Waals surface area contributed by atoms with Gasteiger partial charge in [0.25, 0.3) is 5.91 Å². The van der Waals surface area contributed by atoms with Crippen molar-refractivity contribution in [2.24, 2.45) is 5.73 Å². The number of ether oxygens (including phenoxy) is 2. The van der Waals surface area contributed by atoms with Gasteiger partial charge in [-0.1, -0.05) is 6.07 Å². The first kappa shape index (κ1) is 14.1. The third-order valence-electron chi connectivity index (χ3n) is 1.86. The van der Waals surface area contributed by atoms with Crippen molar-refractivity contribution >= 4 is 11.6 Å². The van der Waals surface area contributed by atoms with Gasteiger partial charge in [0.2, 0.25) is 0 Å². The van der Waals surface area contributed by atoms with E-state index in [0.29, 0.717) is 0 Å². The van der Waals surface area contributed by atoms with Crippen molar-refractivity contribution in [1.29, 1.82) is 0 Å². The number of halogens is 3. The highest BCUT2D eigenvalue weighted by Gasteiger charge is 2.27. The Hall–Kier alpha value is -1.96. The maximum atomic E-state index is 11.8. The van der Waals surface area contributed by atoms with E-state index in [1.165, 1.54) is 18.2 Å². The number of para-hydroxylation sites is 1. The molecule has 0 aliphatic carbocycles. The lowest BCUT2D eigenvalue weighted by molar-refractivity contribution is -0.186. The number of rotatable bonds is 5. The molecule has 0 spiro atoms. The topological polar surface area (TPSA) is 87.6 Å². The molecule has 0 bridgehead atoms. The number of hydrogen-bond acceptors (Lipinski definition) is 4. The van der Waals surface area contributed by atoms with Gasteiger partial charge in [0.15, 0.2) is 12.5 Å². The molecular formula is C10H11F3N2O3. The first-order valence-corrected chi connectivity index (χ1v) is 4.77. The van der Waals surface area contributed by atoms with Crippen LogP contribution in [-0.4, -0.2) is 25.5 Å². The van der Waals surface area contributed by atoms with E-state index < -0.39 is 25.5 Å². The van der Waals surface area contributed by atoms with Crippen molar-refractivity contribution in [3.05, 3.63) is 23.8 Å².